The first kappa shape index (κ1) is 24.6. The summed E-state index contributed by atoms with van der Waals surface area (Å²) in [5.74, 6) is 0. The molecule has 0 fully saturated rings. The van der Waals surface area contributed by atoms with Crippen LogP contribution in [-0.4, -0.2) is 31.0 Å². The van der Waals surface area contributed by atoms with Crippen molar-refractivity contribution in [2.75, 3.05) is 30.3 Å². The van der Waals surface area contributed by atoms with Crippen molar-refractivity contribution in [3.8, 4) is 0 Å². The van der Waals surface area contributed by atoms with Crippen molar-refractivity contribution in [1.82, 2.24) is 10.6 Å². The maximum Gasteiger partial charge on any atom is 0.416 e. The number of aliphatic hydroxyl groups is 1. The van der Waals surface area contributed by atoms with Crippen LogP contribution in [0, 0.1) is 0 Å². The van der Waals surface area contributed by atoms with Crippen LogP contribution in [0.3, 0.4) is 0 Å². The lowest BCUT2D eigenvalue weighted by Crippen LogP contribution is -2.51. The first-order valence-electron chi connectivity index (χ1n) is 10.7. The molecular weight excluding hydrogens is 431 g/mol. The maximum atomic E-state index is 12.9. The van der Waals surface area contributed by atoms with Crippen LogP contribution in [0.15, 0.2) is 66.4 Å². The van der Waals surface area contributed by atoms with Gasteiger partial charge in [-0.3, -0.25) is 5.32 Å². The molecule has 6 nitrogen and oxygen atoms in total. The van der Waals surface area contributed by atoms with E-state index in [4.69, 9.17) is 10.8 Å². The van der Waals surface area contributed by atoms with Gasteiger partial charge in [0.15, 0.2) is 0 Å². The van der Waals surface area contributed by atoms with Crippen LogP contribution in [0.1, 0.15) is 29.8 Å². The monoisotopic (exact) mass is 461 g/mol. The molecule has 3 rings (SSSR count). The number of hydrogen-bond acceptors (Lipinski definition) is 6. The second kappa shape index (κ2) is 11.2. The summed E-state index contributed by atoms with van der Waals surface area (Å²) in [7, 11) is 0. The lowest BCUT2D eigenvalue weighted by Gasteiger charge is -2.36. The van der Waals surface area contributed by atoms with Gasteiger partial charge in [-0.15, -0.1) is 0 Å². The molecule has 2 atom stereocenters. The number of nitrogens with two attached hydrogens (primary N) is 1. The molecule has 9 heteroatoms. The molecule has 2 aromatic carbocycles. The highest BCUT2D eigenvalue weighted by Crippen LogP contribution is 2.33. The highest BCUT2D eigenvalue weighted by atomic mass is 19.4. The van der Waals surface area contributed by atoms with Gasteiger partial charge in [-0.2, -0.15) is 13.2 Å². The largest absolute Gasteiger partial charge is 0.416 e. The molecule has 7 N–H and O–H groups in total. The Bertz CT molecular complexity index is 973. The van der Waals surface area contributed by atoms with Crippen LogP contribution >= 0.6 is 0 Å². The van der Waals surface area contributed by atoms with E-state index in [1.54, 1.807) is 6.08 Å². The molecule has 0 saturated heterocycles. The van der Waals surface area contributed by atoms with E-state index in [1.807, 2.05) is 25.1 Å². The third kappa shape index (κ3) is 6.98. The average molecular weight is 462 g/mol. The van der Waals surface area contributed by atoms with E-state index in [9.17, 15) is 13.2 Å². The number of aliphatic hydroxyl groups excluding tert-OH is 1. The van der Waals surface area contributed by atoms with Crippen LogP contribution in [0.4, 0.5) is 24.5 Å². The Hall–Kier alpha value is -3.01. The fourth-order valence-electron chi connectivity index (χ4n) is 3.69. The average Bonchev–Trinajstić information content (AvgIpc) is 2.77. The van der Waals surface area contributed by atoms with Crippen LogP contribution in [-0.2, 0) is 12.6 Å². The Balaban J connectivity index is 1.82. The summed E-state index contributed by atoms with van der Waals surface area (Å²) in [6.07, 6.45) is 1.17. The lowest BCUT2D eigenvalue weighted by molar-refractivity contribution is -0.137. The molecular formula is C24H30F3N5O. The quantitative estimate of drug-likeness (QED) is 0.252. The Kier molecular flexibility index (Phi) is 8.37. The Morgan fingerprint density at radius 2 is 1.94 bits per heavy atom. The van der Waals surface area contributed by atoms with Crippen LogP contribution < -0.4 is 27.0 Å². The molecule has 33 heavy (non-hydrogen) atoms. The van der Waals surface area contributed by atoms with Gasteiger partial charge in [0.2, 0.25) is 0 Å². The molecule has 178 valence electrons. The van der Waals surface area contributed by atoms with Crippen LogP contribution in [0.5, 0.6) is 0 Å². The van der Waals surface area contributed by atoms with Crippen molar-refractivity contribution in [3.05, 3.63) is 83.1 Å². The second-order valence-electron chi connectivity index (χ2n) is 7.94. The molecule has 2 aromatic rings. The van der Waals surface area contributed by atoms with E-state index >= 15 is 0 Å². The minimum absolute atomic E-state index is 0.0313. The summed E-state index contributed by atoms with van der Waals surface area (Å²) >= 11 is 0. The fourth-order valence-corrected chi connectivity index (χ4v) is 3.69. The zero-order valence-corrected chi connectivity index (χ0v) is 18.4. The predicted octanol–water partition coefficient (Wildman–Crippen LogP) is 3.70. The number of anilines is 2. The van der Waals surface area contributed by atoms with Gasteiger partial charge in [0.1, 0.15) is 6.17 Å². The van der Waals surface area contributed by atoms with Crippen molar-refractivity contribution in [2.45, 2.75) is 31.9 Å². The minimum atomic E-state index is -4.37. The summed E-state index contributed by atoms with van der Waals surface area (Å²) in [6.45, 7) is 3.08. The SMILES string of the molecule is C/C(=C/C=C\N)Cc1ccc2c(c1)NC(CNCCO)NC2Nc1ccc(C(F)(F)F)cc1. The molecule has 0 spiro atoms. The Morgan fingerprint density at radius 1 is 1.18 bits per heavy atom. The first-order valence-corrected chi connectivity index (χ1v) is 10.7. The van der Waals surface area contributed by atoms with Gasteiger partial charge < -0.3 is 26.8 Å². The summed E-state index contributed by atoms with van der Waals surface area (Å²) in [5.41, 5.74) is 9.48. The van der Waals surface area contributed by atoms with E-state index < -0.39 is 11.7 Å². The predicted molar refractivity (Wildman–Crippen MR) is 126 cm³/mol. The Morgan fingerprint density at radius 3 is 2.61 bits per heavy atom. The van der Waals surface area contributed by atoms with Crippen LogP contribution in [0.25, 0.3) is 0 Å². The van der Waals surface area contributed by atoms with Crippen molar-refractivity contribution in [1.29, 1.82) is 0 Å². The molecule has 0 saturated carbocycles. The maximum absolute atomic E-state index is 12.9. The summed E-state index contributed by atoms with van der Waals surface area (Å²) in [4.78, 5) is 0. The van der Waals surface area contributed by atoms with Crippen molar-refractivity contribution in [2.24, 2.45) is 5.73 Å². The molecule has 0 aliphatic carbocycles. The van der Waals surface area contributed by atoms with Crippen molar-refractivity contribution in [3.63, 3.8) is 0 Å². The number of rotatable bonds is 9. The smallest absolute Gasteiger partial charge is 0.405 e. The first-order chi connectivity index (χ1) is 15.8. The lowest BCUT2D eigenvalue weighted by atomic mass is 9.99. The number of nitrogens with one attached hydrogen (secondary N) is 4. The zero-order valence-electron chi connectivity index (χ0n) is 18.4. The third-order valence-electron chi connectivity index (χ3n) is 5.26. The van der Waals surface area contributed by atoms with Gasteiger partial charge in [0.25, 0.3) is 0 Å². The summed E-state index contributed by atoms with van der Waals surface area (Å²) in [5, 5.41) is 22.4. The van der Waals surface area contributed by atoms with Gasteiger partial charge >= 0.3 is 6.18 Å². The van der Waals surface area contributed by atoms with Gasteiger partial charge in [-0.25, -0.2) is 0 Å². The molecule has 0 aromatic heterocycles. The van der Waals surface area contributed by atoms with E-state index in [0.29, 0.717) is 18.8 Å². The second-order valence-corrected chi connectivity index (χ2v) is 7.94. The number of allylic oxidation sites excluding steroid dienone is 3. The number of alkyl halides is 3. The highest BCUT2D eigenvalue weighted by molar-refractivity contribution is 5.60. The van der Waals surface area contributed by atoms with Gasteiger partial charge in [-0.05, 0) is 61.5 Å². The summed E-state index contributed by atoms with van der Waals surface area (Å²) in [6, 6.07) is 11.1. The van der Waals surface area contributed by atoms with E-state index in [-0.39, 0.29) is 18.9 Å². The Labute approximate surface area is 191 Å². The molecule has 0 bridgehead atoms. The van der Waals surface area contributed by atoms with Crippen molar-refractivity contribution < 1.29 is 18.3 Å². The van der Waals surface area contributed by atoms with E-state index in [2.05, 4.69) is 27.3 Å². The molecule has 1 aliphatic rings. The highest BCUT2D eigenvalue weighted by Gasteiger charge is 2.30. The molecule has 0 radical (unpaired) electrons. The fraction of sp³-hybridized carbons (Fsp3) is 0.333. The van der Waals surface area contributed by atoms with Crippen molar-refractivity contribution >= 4 is 11.4 Å². The topological polar surface area (TPSA) is 94.4 Å². The molecule has 2 unspecified atom stereocenters. The number of hydrogen-bond donors (Lipinski definition) is 6. The standard InChI is InChI=1S/C24H30F3N5O/c1-16(3-2-10-28)13-17-4-9-20-21(14-17)31-22(15-29-11-12-33)32-23(20)30-19-7-5-18(6-8-19)24(25,26)27/h2-10,14,22-23,29-33H,11-13,15,28H2,1H3/b10-2-,16-3-. The summed E-state index contributed by atoms with van der Waals surface area (Å²) < 4.78 is 38.7. The van der Waals surface area contributed by atoms with Gasteiger partial charge in [-0.1, -0.05) is 23.8 Å². The molecule has 1 heterocycles. The van der Waals surface area contributed by atoms with E-state index in [0.717, 1.165) is 40.9 Å². The number of fused-ring (bicyclic) bond motifs is 1. The minimum Gasteiger partial charge on any atom is -0.405 e. The van der Waals surface area contributed by atoms with E-state index in [1.165, 1.54) is 18.3 Å². The third-order valence-corrected chi connectivity index (χ3v) is 5.26. The normalized spacial score (nSPS) is 18.8. The van der Waals surface area contributed by atoms with Gasteiger partial charge in [0.05, 0.1) is 18.3 Å². The molecule has 1 aliphatic heterocycles. The number of benzene rings is 2. The number of halogens is 3. The zero-order chi connectivity index (χ0) is 23.8. The van der Waals surface area contributed by atoms with Gasteiger partial charge in [0, 0.05) is 30.0 Å². The molecule has 0 amide bonds. The van der Waals surface area contributed by atoms with Crippen LogP contribution in [0.2, 0.25) is 0 Å².